The second-order valence-electron chi connectivity index (χ2n) is 14.5. The van der Waals surface area contributed by atoms with Gasteiger partial charge in [-0.15, -0.1) is 5.10 Å². The number of H-pyrrole nitrogens is 1. The number of amides is 1. The highest BCUT2D eigenvalue weighted by Crippen LogP contribution is 2.40. The number of imidazole rings is 1. The van der Waals surface area contributed by atoms with Crippen molar-refractivity contribution in [2.75, 3.05) is 32.2 Å². The van der Waals surface area contributed by atoms with E-state index in [1.54, 1.807) is 15.4 Å². The number of rotatable bonds is 17. The fourth-order valence-corrected chi connectivity index (χ4v) is 7.25. The molecule has 0 aromatic carbocycles. The van der Waals surface area contributed by atoms with Gasteiger partial charge in [-0.3, -0.25) is 14.5 Å². The van der Waals surface area contributed by atoms with Gasteiger partial charge < -0.3 is 80.2 Å². The van der Waals surface area contributed by atoms with Crippen LogP contribution in [0.25, 0.3) is 11.2 Å². The molecule has 0 radical (unpaired) electrons. The van der Waals surface area contributed by atoms with Crippen LogP contribution >= 0.6 is 0 Å². The Balaban J connectivity index is 0.852. The van der Waals surface area contributed by atoms with Gasteiger partial charge in [0.15, 0.2) is 23.7 Å². The van der Waals surface area contributed by atoms with E-state index in [0.717, 1.165) is 19.3 Å². The van der Waals surface area contributed by atoms with Crippen molar-refractivity contribution in [3.8, 4) is 0 Å². The summed E-state index contributed by atoms with van der Waals surface area (Å²) in [4.78, 5) is 35.3. The Hall–Kier alpha value is -4.18. The highest BCUT2D eigenvalue weighted by molar-refractivity contribution is 5.71. The second kappa shape index (κ2) is 19.3. The zero-order chi connectivity index (χ0) is 41.7. The lowest BCUT2D eigenvalue weighted by Crippen LogP contribution is -2.64. The number of aryl methyl sites for hydroxylation is 1. The number of carbonyl (C=O) groups excluding carboxylic acids is 1. The van der Waals surface area contributed by atoms with Crippen LogP contribution in [0.1, 0.15) is 43.8 Å². The molecule has 322 valence electrons. The molecule has 1 saturated carbocycles. The fourth-order valence-electron chi connectivity index (χ4n) is 7.25. The molecule has 5 heterocycles. The van der Waals surface area contributed by atoms with E-state index in [1.807, 2.05) is 0 Å². The van der Waals surface area contributed by atoms with Gasteiger partial charge in [0, 0.05) is 19.1 Å². The molecule has 12 N–H and O–H groups in total. The number of ether oxygens (including phenoxy) is 5. The number of hydrogen-bond acceptors (Lipinski definition) is 20. The molecule has 6 rings (SSSR count). The lowest BCUT2D eigenvalue weighted by atomic mass is 9.97. The average Bonchev–Trinajstić information content (AvgIpc) is 3.92. The van der Waals surface area contributed by atoms with Crippen LogP contribution in [0, 0.1) is 5.92 Å². The van der Waals surface area contributed by atoms with Gasteiger partial charge in [-0.2, -0.15) is 4.98 Å². The first kappa shape index (κ1) is 43.4. The number of hydrogen-bond donors (Lipinski definition) is 11. The largest absolute Gasteiger partial charge is 0.449 e. The van der Waals surface area contributed by atoms with Crippen molar-refractivity contribution >= 4 is 23.2 Å². The van der Waals surface area contributed by atoms with Crippen molar-refractivity contribution in [2.24, 2.45) is 5.92 Å². The van der Waals surface area contributed by atoms with Crippen LogP contribution in [0.4, 0.5) is 10.7 Å². The SMILES string of the molecule is C=C1[C@H](COC(=O)NCc2cn(CCCCCCO[C@@H]3OC(CO)[C@@H](O[C@@H]4OC(CO)[C@H](O)[C@H](O)C4O)[C@H](O)C3O)nn2)[C@@H](O)C[C@@H]1n1cnc2c(=O)[nH]c(N)nc21. The minimum absolute atomic E-state index is 0.0528. The number of nitrogen functional groups attached to an aromatic ring is 1. The van der Waals surface area contributed by atoms with Crippen LogP contribution in [0.15, 0.2) is 29.5 Å². The lowest BCUT2D eigenvalue weighted by molar-refractivity contribution is -0.359. The molecule has 13 atom stereocenters. The van der Waals surface area contributed by atoms with E-state index in [2.05, 4.69) is 37.2 Å². The second-order valence-corrected chi connectivity index (χ2v) is 14.5. The Morgan fingerprint density at radius 3 is 2.47 bits per heavy atom. The van der Waals surface area contributed by atoms with E-state index < -0.39 is 104 Å². The Morgan fingerprint density at radius 1 is 0.983 bits per heavy atom. The van der Waals surface area contributed by atoms with Crippen molar-refractivity contribution in [3.05, 3.63) is 40.7 Å². The molecule has 3 aromatic rings. The van der Waals surface area contributed by atoms with Crippen molar-refractivity contribution in [1.29, 1.82) is 0 Å². The molecule has 2 aliphatic heterocycles. The number of aliphatic hydroxyl groups is 8. The van der Waals surface area contributed by atoms with Gasteiger partial charge >= 0.3 is 6.09 Å². The third kappa shape index (κ3) is 9.64. The predicted octanol–water partition coefficient (Wildman–Crippen LogP) is -4.10. The first-order valence-electron chi connectivity index (χ1n) is 18.9. The van der Waals surface area contributed by atoms with Gasteiger partial charge in [-0.25, -0.2) is 9.78 Å². The van der Waals surface area contributed by atoms with Crippen LogP contribution in [-0.4, -0.2) is 175 Å². The van der Waals surface area contributed by atoms with Gasteiger partial charge in [-0.05, 0) is 24.8 Å². The minimum atomic E-state index is -1.76. The minimum Gasteiger partial charge on any atom is -0.449 e. The molecular weight excluding hydrogens is 774 g/mol. The number of carbonyl (C=O) groups is 1. The van der Waals surface area contributed by atoms with Crippen LogP contribution in [-0.2, 0) is 36.8 Å². The van der Waals surface area contributed by atoms with E-state index in [1.165, 1.54) is 6.33 Å². The summed E-state index contributed by atoms with van der Waals surface area (Å²) in [7, 11) is 0. The summed E-state index contributed by atoms with van der Waals surface area (Å²) in [5.74, 6) is -0.636. The van der Waals surface area contributed by atoms with Crippen LogP contribution in [0.3, 0.4) is 0 Å². The fraction of sp³-hybridized carbons (Fsp3) is 0.706. The summed E-state index contributed by atoms with van der Waals surface area (Å²) in [5, 5.41) is 92.5. The van der Waals surface area contributed by atoms with Crippen LogP contribution < -0.4 is 16.6 Å². The summed E-state index contributed by atoms with van der Waals surface area (Å²) in [6.45, 7) is 3.37. The molecular formula is C34H51N9O15. The van der Waals surface area contributed by atoms with E-state index >= 15 is 0 Å². The molecule has 0 spiro atoms. The summed E-state index contributed by atoms with van der Waals surface area (Å²) < 4.78 is 30.8. The zero-order valence-electron chi connectivity index (χ0n) is 31.3. The van der Waals surface area contributed by atoms with E-state index in [4.69, 9.17) is 29.4 Å². The first-order chi connectivity index (χ1) is 27.8. The predicted molar refractivity (Wildman–Crippen MR) is 194 cm³/mol. The molecule has 58 heavy (non-hydrogen) atoms. The molecule has 3 aromatic heterocycles. The Bertz CT molecular complexity index is 1890. The number of nitrogens with zero attached hydrogens (tertiary/aromatic N) is 6. The van der Waals surface area contributed by atoms with Crippen molar-refractivity contribution < 1.29 is 69.3 Å². The van der Waals surface area contributed by atoms with Crippen LogP contribution in [0.2, 0.25) is 0 Å². The topological polar surface area (TPSA) is 357 Å². The number of anilines is 1. The molecule has 4 unspecified atom stereocenters. The maximum atomic E-state index is 12.5. The molecule has 24 heteroatoms. The molecule has 2 saturated heterocycles. The van der Waals surface area contributed by atoms with Crippen molar-refractivity contribution in [1.82, 2.24) is 39.8 Å². The standard InChI is InChI=1S/C34H51N9O15/c1-15-17(19(46)8-18(15)43-14-37-22-29(43)38-33(35)39-30(22)52)13-55-34(53)36-9-16-10-42(41-40-16)6-4-2-3-5-7-54-31-27(51)25(49)28(21(12-45)57-31)58-32-26(50)24(48)23(47)20(11-44)56-32/h10,14,17-21,23-28,31-32,44-51H,1-9,11-13H2,(H,36,53)(H3,35,38,39,52)/t17-,18-,19-,20?,21?,23-,24-,25+,26?,27?,28+,31+,32-/m0/s1. The normalized spacial score (nSPS) is 32.8. The number of nitrogens with one attached hydrogen (secondary N) is 2. The Morgan fingerprint density at radius 2 is 1.71 bits per heavy atom. The van der Waals surface area contributed by atoms with Gasteiger partial charge in [0.2, 0.25) is 5.95 Å². The van der Waals surface area contributed by atoms with E-state index in [9.17, 15) is 50.4 Å². The lowest BCUT2D eigenvalue weighted by Gasteiger charge is -2.45. The molecule has 3 aliphatic rings. The number of aromatic nitrogens is 7. The quantitative estimate of drug-likeness (QED) is 0.0455. The molecule has 3 fully saturated rings. The Kier molecular flexibility index (Phi) is 14.4. The number of aromatic amines is 1. The smallest absolute Gasteiger partial charge is 0.407 e. The third-order valence-electron chi connectivity index (χ3n) is 10.5. The number of unbranched alkanes of at least 4 members (excludes halogenated alkanes) is 3. The third-order valence-corrected chi connectivity index (χ3v) is 10.5. The number of alkyl carbamates (subject to hydrolysis) is 1. The number of fused-ring (bicyclic) bond motifs is 1. The van der Waals surface area contributed by atoms with Crippen molar-refractivity contribution in [2.45, 2.75) is 119 Å². The number of aliphatic hydroxyl groups excluding tert-OH is 8. The van der Waals surface area contributed by atoms with Crippen molar-refractivity contribution in [3.63, 3.8) is 0 Å². The zero-order valence-corrected chi connectivity index (χ0v) is 31.3. The maximum absolute atomic E-state index is 12.5. The molecule has 24 nitrogen and oxygen atoms in total. The van der Waals surface area contributed by atoms with Gasteiger partial charge in [0.05, 0.1) is 44.4 Å². The van der Waals surface area contributed by atoms with E-state index in [-0.39, 0.29) is 43.3 Å². The maximum Gasteiger partial charge on any atom is 0.407 e. The Labute approximate surface area is 329 Å². The van der Waals surface area contributed by atoms with E-state index in [0.29, 0.717) is 24.2 Å². The highest BCUT2D eigenvalue weighted by atomic mass is 16.7. The molecule has 1 amide bonds. The van der Waals surface area contributed by atoms with Gasteiger partial charge in [-0.1, -0.05) is 24.6 Å². The molecule has 0 bridgehead atoms. The van der Waals surface area contributed by atoms with Gasteiger partial charge in [0.25, 0.3) is 5.56 Å². The number of nitrogens with two attached hydrogens (primary N) is 1. The average molecular weight is 826 g/mol. The monoisotopic (exact) mass is 825 g/mol. The molecule has 1 aliphatic carbocycles. The van der Waals surface area contributed by atoms with Crippen LogP contribution in [0.5, 0.6) is 0 Å². The first-order valence-corrected chi connectivity index (χ1v) is 18.9. The van der Waals surface area contributed by atoms with Gasteiger partial charge in [0.1, 0.15) is 61.1 Å². The summed E-state index contributed by atoms with van der Waals surface area (Å²) >= 11 is 0. The summed E-state index contributed by atoms with van der Waals surface area (Å²) in [5.41, 5.74) is 6.67. The summed E-state index contributed by atoms with van der Waals surface area (Å²) in [6.07, 6.45) is -10.5. The summed E-state index contributed by atoms with van der Waals surface area (Å²) in [6, 6.07) is -0.441. The highest BCUT2D eigenvalue weighted by Gasteiger charge is 2.50.